The zero-order chi connectivity index (χ0) is 19.4. The Balaban J connectivity index is 1.57. The molecular formula is C20H29NO5S. The summed E-state index contributed by atoms with van der Waals surface area (Å²) < 4.78 is 6.17. The van der Waals surface area contributed by atoms with Gasteiger partial charge in [0, 0.05) is 17.7 Å². The number of hydrogen-bond acceptors (Lipinski definition) is 6. The molecule has 1 aliphatic carbocycles. The second kappa shape index (κ2) is 9.28. The van der Waals surface area contributed by atoms with E-state index in [0.29, 0.717) is 11.4 Å². The monoisotopic (exact) mass is 395 g/mol. The van der Waals surface area contributed by atoms with Crippen LogP contribution in [0.2, 0.25) is 0 Å². The molecule has 0 bridgehead atoms. The zero-order valence-corrected chi connectivity index (χ0v) is 16.5. The van der Waals surface area contributed by atoms with Gasteiger partial charge in [-0.1, -0.05) is 38.3 Å². The summed E-state index contributed by atoms with van der Waals surface area (Å²) in [5, 5.41) is 31.9. The smallest absolute Gasteiger partial charge is 0.355 e. The standard InChI is InChI=1S/C20H29NO5S/c1-2-3-4-5-12(22)6-7-13-14-8-9-17(26-18(14)10-16(13)23)19-21-15(11-27-19)20(24)25/h6-7,11-14,16-18,22-23H,2-5,8-10H2,1H3,(H,24,25)/b7-6+/t12-,13+,14+,16+,17+,18-/m0/s1. The van der Waals surface area contributed by atoms with E-state index in [2.05, 4.69) is 11.9 Å². The Bertz CT molecular complexity index is 661. The van der Waals surface area contributed by atoms with Gasteiger partial charge in [0.25, 0.3) is 0 Å². The van der Waals surface area contributed by atoms with E-state index in [4.69, 9.17) is 9.84 Å². The molecule has 1 saturated heterocycles. The number of aliphatic hydroxyl groups excluding tert-OH is 2. The highest BCUT2D eigenvalue weighted by Gasteiger charge is 2.45. The van der Waals surface area contributed by atoms with E-state index >= 15 is 0 Å². The third-order valence-corrected chi connectivity index (χ3v) is 6.60. The first kappa shape index (κ1) is 20.5. The van der Waals surface area contributed by atoms with Gasteiger partial charge >= 0.3 is 5.97 Å². The van der Waals surface area contributed by atoms with Crippen molar-refractivity contribution in [2.24, 2.45) is 11.8 Å². The van der Waals surface area contributed by atoms with Gasteiger partial charge in [0.2, 0.25) is 0 Å². The summed E-state index contributed by atoms with van der Waals surface area (Å²) in [7, 11) is 0. The number of rotatable bonds is 8. The number of ether oxygens (including phenoxy) is 1. The van der Waals surface area contributed by atoms with E-state index in [-0.39, 0.29) is 29.7 Å². The normalized spacial score (nSPS) is 31.9. The summed E-state index contributed by atoms with van der Waals surface area (Å²) in [6.45, 7) is 2.14. The van der Waals surface area contributed by atoms with E-state index in [0.717, 1.165) is 38.5 Å². The Morgan fingerprint density at radius 2 is 2.26 bits per heavy atom. The average Bonchev–Trinajstić information content (AvgIpc) is 3.24. The van der Waals surface area contributed by atoms with Gasteiger partial charge in [-0.05, 0) is 25.2 Å². The van der Waals surface area contributed by atoms with Crippen LogP contribution in [0.1, 0.15) is 73.5 Å². The summed E-state index contributed by atoms with van der Waals surface area (Å²) in [6.07, 6.45) is 8.89. The molecule has 0 unspecified atom stereocenters. The molecule has 3 N–H and O–H groups in total. The number of aliphatic hydroxyl groups is 2. The molecule has 2 fully saturated rings. The summed E-state index contributed by atoms with van der Waals surface area (Å²) in [5.74, 6) is -0.790. The van der Waals surface area contributed by atoms with Crippen LogP contribution in [0.4, 0.5) is 0 Å². The quantitative estimate of drug-likeness (QED) is 0.460. The Morgan fingerprint density at radius 1 is 1.44 bits per heavy atom. The second-order valence-corrected chi connectivity index (χ2v) is 8.50. The molecular weight excluding hydrogens is 366 g/mol. The number of carboxylic acids is 1. The molecule has 2 heterocycles. The highest BCUT2D eigenvalue weighted by molar-refractivity contribution is 7.09. The molecule has 0 radical (unpaired) electrons. The van der Waals surface area contributed by atoms with Gasteiger partial charge in [-0.25, -0.2) is 9.78 Å². The van der Waals surface area contributed by atoms with Crippen molar-refractivity contribution < 1.29 is 24.9 Å². The lowest BCUT2D eigenvalue weighted by molar-refractivity contribution is -0.0767. The fourth-order valence-electron chi connectivity index (χ4n) is 4.20. The summed E-state index contributed by atoms with van der Waals surface area (Å²) >= 11 is 1.32. The van der Waals surface area contributed by atoms with Crippen molar-refractivity contribution in [3.63, 3.8) is 0 Å². The lowest BCUT2D eigenvalue weighted by Crippen LogP contribution is -2.30. The van der Waals surface area contributed by atoms with Gasteiger partial charge in [0.05, 0.1) is 18.3 Å². The van der Waals surface area contributed by atoms with Crippen molar-refractivity contribution in [3.05, 3.63) is 28.2 Å². The molecule has 6 atom stereocenters. The van der Waals surface area contributed by atoms with Crippen LogP contribution >= 0.6 is 11.3 Å². The van der Waals surface area contributed by atoms with Crippen molar-refractivity contribution in [1.82, 2.24) is 4.98 Å². The minimum Gasteiger partial charge on any atom is -0.476 e. The van der Waals surface area contributed by atoms with E-state index in [1.165, 1.54) is 11.3 Å². The van der Waals surface area contributed by atoms with E-state index in [1.807, 2.05) is 12.2 Å². The number of thiazole rings is 1. The first-order chi connectivity index (χ1) is 13.0. The Hall–Kier alpha value is -1.28. The van der Waals surface area contributed by atoms with E-state index in [9.17, 15) is 15.0 Å². The van der Waals surface area contributed by atoms with Crippen LogP contribution in [-0.4, -0.2) is 44.6 Å². The number of carboxylic acid groups (broad SMARTS) is 1. The lowest BCUT2D eigenvalue weighted by Gasteiger charge is -2.33. The van der Waals surface area contributed by atoms with Gasteiger partial charge in [0.15, 0.2) is 5.69 Å². The van der Waals surface area contributed by atoms with Crippen LogP contribution in [0.25, 0.3) is 0 Å². The molecule has 1 saturated carbocycles. The third-order valence-electron chi connectivity index (χ3n) is 5.67. The predicted molar refractivity (Wildman–Crippen MR) is 103 cm³/mol. The molecule has 2 aliphatic rings. The molecule has 27 heavy (non-hydrogen) atoms. The molecule has 1 aliphatic heterocycles. The molecule has 7 heteroatoms. The Kier molecular flexibility index (Phi) is 7.03. The largest absolute Gasteiger partial charge is 0.476 e. The second-order valence-electron chi connectivity index (χ2n) is 7.61. The minimum absolute atomic E-state index is 0.00245. The number of nitrogens with zero attached hydrogens (tertiary/aromatic N) is 1. The fraction of sp³-hybridized carbons (Fsp3) is 0.700. The Morgan fingerprint density at radius 3 is 2.96 bits per heavy atom. The van der Waals surface area contributed by atoms with Crippen LogP contribution < -0.4 is 0 Å². The van der Waals surface area contributed by atoms with Gasteiger partial charge in [-0.2, -0.15) is 0 Å². The number of unbranched alkanes of at least 4 members (excludes halogenated alkanes) is 2. The number of hydrogen-bond donors (Lipinski definition) is 3. The van der Waals surface area contributed by atoms with E-state index < -0.39 is 18.2 Å². The third kappa shape index (κ3) is 4.96. The van der Waals surface area contributed by atoms with Gasteiger partial charge in [-0.15, -0.1) is 11.3 Å². The maximum absolute atomic E-state index is 11.0. The highest BCUT2D eigenvalue weighted by Crippen LogP contribution is 2.46. The lowest BCUT2D eigenvalue weighted by atomic mass is 9.86. The summed E-state index contributed by atoms with van der Waals surface area (Å²) in [4.78, 5) is 15.2. The van der Waals surface area contributed by atoms with Crippen LogP contribution in [0.3, 0.4) is 0 Å². The van der Waals surface area contributed by atoms with Gasteiger partial charge < -0.3 is 20.1 Å². The average molecular weight is 396 g/mol. The molecule has 150 valence electrons. The molecule has 0 aromatic carbocycles. The van der Waals surface area contributed by atoms with Crippen molar-refractivity contribution in [2.45, 2.75) is 76.3 Å². The van der Waals surface area contributed by atoms with Gasteiger partial charge in [-0.3, -0.25) is 0 Å². The van der Waals surface area contributed by atoms with Crippen LogP contribution in [0.5, 0.6) is 0 Å². The SMILES string of the molecule is CCCCC[C@H](O)/C=C/[C@@H]1[C@H]2CC[C@H](c3nc(C(=O)O)cs3)O[C@H]2C[C@H]1O. The number of aromatic carboxylic acids is 1. The van der Waals surface area contributed by atoms with Crippen molar-refractivity contribution >= 4 is 17.3 Å². The molecule has 0 amide bonds. The maximum atomic E-state index is 11.0. The van der Waals surface area contributed by atoms with Crippen molar-refractivity contribution in [3.8, 4) is 0 Å². The van der Waals surface area contributed by atoms with Crippen molar-refractivity contribution in [2.75, 3.05) is 0 Å². The first-order valence-electron chi connectivity index (χ1n) is 9.88. The Labute approximate surface area is 163 Å². The molecule has 3 rings (SSSR count). The molecule has 6 nitrogen and oxygen atoms in total. The molecule has 1 aromatic rings. The highest BCUT2D eigenvalue weighted by atomic mass is 32.1. The first-order valence-corrected chi connectivity index (χ1v) is 10.8. The van der Waals surface area contributed by atoms with Crippen LogP contribution in [-0.2, 0) is 4.74 Å². The van der Waals surface area contributed by atoms with Crippen LogP contribution in [0, 0.1) is 11.8 Å². The van der Waals surface area contributed by atoms with Gasteiger partial charge in [0.1, 0.15) is 11.1 Å². The summed E-state index contributed by atoms with van der Waals surface area (Å²) in [6, 6.07) is 0. The minimum atomic E-state index is -1.02. The number of carbonyl (C=O) groups is 1. The van der Waals surface area contributed by atoms with Crippen LogP contribution in [0.15, 0.2) is 17.5 Å². The molecule has 1 aromatic heterocycles. The van der Waals surface area contributed by atoms with Crippen molar-refractivity contribution in [1.29, 1.82) is 0 Å². The number of aromatic nitrogens is 1. The zero-order valence-electron chi connectivity index (χ0n) is 15.7. The predicted octanol–water partition coefficient (Wildman–Crippen LogP) is 3.56. The number of fused-ring (bicyclic) bond motifs is 1. The summed E-state index contributed by atoms with van der Waals surface area (Å²) in [5.41, 5.74) is 0.0602. The maximum Gasteiger partial charge on any atom is 0.355 e. The topological polar surface area (TPSA) is 99.9 Å². The van der Waals surface area contributed by atoms with E-state index in [1.54, 1.807) is 5.38 Å². The fourth-order valence-corrected chi connectivity index (χ4v) is 5.07. The molecule has 0 spiro atoms.